The van der Waals surface area contributed by atoms with Crippen molar-refractivity contribution in [1.82, 2.24) is 14.8 Å². The number of carbonyl (C=O) groups excluding carboxylic acids is 2. The molecule has 2 aliphatic rings. The van der Waals surface area contributed by atoms with Crippen LogP contribution >= 0.6 is 11.8 Å². The molecule has 1 aromatic heterocycles. The van der Waals surface area contributed by atoms with Crippen molar-refractivity contribution in [3.63, 3.8) is 0 Å². The van der Waals surface area contributed by atoms with Crippen LogP contribution in [0.4, 0.5) is 0 Å². The predicted molar refractivity (Wildman–Crippen MR) is 142 cm³/mol. The van der Waals surface area contributed by atoms with Gasteiger partial charge in [-0.3, -0.25) is 9.59 Å². The Bertz CT molecular complexity index is 1200. The van der Waals surface area contributed by atoms with E-state index >= 15 is 0 Å². The molecule has 2 amide bonds. The van der Waals surface area contributed by atoms with Gasteiger partial charge in [-0.05, 0) is 67.8 Å². The average Bonchev–Trinajstić information content (AvgIpc) is 3.55. The van der Waals surface area contributed by atoms with Crippen LogP contribution in [-0.2, 0) is 17.8 Å². The number of fused-ring (bicyclic) bond motifs is 1. The molecule has 1 fully saturated rings. The smallest absolute Gasteiger partial charge is 0.271 e. The zero-order chi connectivity index (χ0) is 24.4. The lowest BCUT2D eigenvalue weighted by molar-refractivity contribution is -0.133. The fourth-order valence-corrected chi connectivity index (χ4v) is 5.84. The summed E-state index contributed by atoms with van der Waals surface area (Å²) in [5, 5.41) is 3.29. The van der Waals surface area contributed by atoms with Gasteiger partial charge in [0.05, 0.1) is 6.54 Å². The van der Waals surface area contributed by atoms with Crippen molar-refractivity contribution in [1.29, 1.82) is 0 Å². The number of nitrogens with one attached hydrogen (secondary N) is 1. The highest BCUT2D eigenvalue weighted by molar-refractivity contribution is 7.98. The van der Waals surface area contributed by atoms with Gasteiger partial charge in [0, 0.05) is 23.2 Å². The van der Waals surface area contributed by atoms with Gasteiger partial charge in [-0.25, -0.2) is 0 Å². The standard InChI is InChI=1S/C29H33N3O2S/c1-29(28(34)30-23-10-6-7-11-23)20-31-25(22-8-4-3-5-9-22)16-17-26(31)27(33)32(29)19-18-21-12-14-24(35-2)15-13-21/h3-5,8-9,12-17,23H,6-7,10-11,18-20H2,1-2H3,(H,30,34)/t29-/m0/s1. The van der Waals surface area contributed by atoms with Crippen LogP contribution in [0.15, 0.2) is 71.6 Å². The molecule has 2 heterocycles. The molecule has 5 nitrogen and oxygen atoms in total. The van der Waals surface area contributed by atoms with E-state index in [1.807, 2.05) is 58.9 Å². The van der Waals surface area contributed by atoms with E-state index in [-0.39, 0.29) is 17.9 Å². The largest absolute Gasteiger partial charge is 0.351 e. The van der Waals surface area contributed by atoms with Gasteiger partial charge in [0.25, 0.3) is 5.91 Å². The van der Waals surface area contributed by atoms with Crippen LogP contribution in [0.2, 0.25) is 0 Å². The lowest BCUT2D eigenvalue weighted by Crippen LogP contribution is -2.65. The van der Waals surface area contributed by atoms with Crippen LogP contribution in [-0.4, -0.2) is 45.7 Å². The van der Waals surface area contributed by atoms with Crippen molar-refractivity contribution in [2.24, 2.45) is 0 Å². The van der Waals surface area contributed by atoms with Gasteiger partial charge in [-0.1, -0.05) is 55.3 Å². The molecular weight excluding hydrogens is 454 g/mol. The molecule has 1 atom stereocenters. The Morgan fingerprint density at radius 3 is 2.37 bits per heavy atom. The summed E-state index contributed by atoms with van der Waals surface area (Å²) in [7, 11) is 0. The first-order valence-electron chi connectivity index (χ1n) is 12.5. The maximum Gasteiger partial charge on any atom is 0.271 e. The summed E-state index contributed by atoms with van der Waals surface area (Å²) in [6.07, 6.45) is 7.10. The second-order valence-electron chi connectivity index (χ2n) is 9.84. The van der Waals surface area contributed by atoms with Gasteiger partial charge >= 0.3 is 0 Å². The second-order valence-corrected chi connectivity index (χ2v) is 10.7. The predicted octanol–water partition coefficient (Wildman–Crippen LogP) is 5.39. The zero-order valence-corrected chi connectivity index (χ0v) is 21.3. The van der Waals surface area contributed by atoms with Gasteiger partial charge in [0.2, 0.25) is 5.91 Å². The van der Waals surface area contributed by atoms with E-state index in [9.17, 15) is 9.59 Å². The lowest BCUT2D eigenvalue weighted by Gasteiger charge is -2.45. The molecule has 2 aromatic carbocycles. The molecule has 0 radical (unpaired) electrons. The number of amides is 2. The normalized spacial score (nSPS) is 20.2. The highest BCUT2D eigenvalue weighted by atomic mass is 32.2. The molecule has 0 spiro atoms. The van der Waals surface area contributed by atoms with E-state index in [0.29, 0.717) is 25.2 Å². The van der Waals surface area contributed by atoms with Gasteiger partial charge in [0.15, 0.2) is 0 Å². The van der Waals surface area contributed by atoms with Crippen LogP contribution < -0.4 is 5.32 Å². The Hall–Kier alpha value is -2.99. The number of carbonyl (C=O) groups is 2. The zero-order valence-electron chi connectivity index (χ0n) is 20.5. The molecule has 1 N–H and O–H groups in total. The number of nitrogens with zero attached hydrogens (tertiary/aromatic N) is 2. The molecule has 3 aromatic rings. The third kappa shape index (κ3) is 4.64. The van der Waals surface area contributed by atoms with Gasteiger partial charge in [-0.2, -0.15) is 0 Å². The molecule has 0 bridgehead atoms. The number of hydrogen-bond acceptors (Lipinski definition) is 3. The van der Waals surface area contributed by atoms with Crippen molar-refractivity contribution >= 4 is 23.6 Å². The van der Waals surface area contributed by atoms with Crippen LogP contribution in [0.5, 0.6) is 0 Å². The molecular formula is C29H33N3O2S. The van der Waals surface area contributed by atoms with Gasteiger partial charge in [-0.15, -0.1) is 11.8 Å². The Balaban J connectivity index is 1.47. The van der Waals surface area contributed by atoms with Crippen LogP contribution in [0.3, 0.4) is 0 Å². The Morgan fingerprint density at radius 1 is 1.00 bits per heavy atom. The number of thioether (sulfide) groups is 1. The quantitative estimate of drug-likeness (QED) is 0.455. The summed E-state index contributed by atoms with van der Waals surface area (Å²) in [5.74, 6) is -0.128. The SMILES string of the molecule is CSc1ccc(CCN2C(=O)c3ccc(-c4ccccc4)n3C[C@@]2(C)C(=O)NC2CCCC2)cc1. The molecule has 1 aliphatic carbocycles. The second kappa shape index (κ2) is 9.94. The van der Waals surface area contributed by atoms with E-state index in [1.165, 1.54) is 10.5 Å². The van der Waals surface area contributed by atoms with Crippen LogP contribution in [0.25, 0.3) is 11.3 Å². The van der Waals surface area contributed by atoms with Crippen molar-refractivity contribution < 1.29 is 9.59 Å². The molecule has 1 saturated carbocycles. The summed E-state index contributed by atoms with van der Waals surface area (Å²) >= 11 is 1.72. The monoisotopic (exact) mass is 487 g/mol. The van der Waals surface area contributed by atoms with E-state index in [4.69, 9.17) is 0 Å². The number of aromatic nitrogens is 1. The Labute approximate surface area is 211 Å². The summed E-state index contributed by atoms with van der Waals surface area (Å²) in [6.45, 7) is 2.87. The lowest BCUT2D eigenvalue weighted by atomic mass is 9.93. The molecule has 0 unspecified atom stereocenters. The van der Waals surface area contributed by atoms with E-state index in [1.54, 1.807) is 11.8 Å². The first-order chi connectivity index (χ1) is 17.0. The molecule has 0 saturated heterocycles. The minimum absolute atomic E-state index is 0.0474. The van der Waals surface area contributed by atoms with Crippen LogP contribution in [0, 0.1) is 0 Å². The fourth-order valence-electron chi connectivity index (χ4n) is 5.43. The Kier molecular flexibility index (Phi) is 6.74. The topological polar surface area (TPSA) is 54.3 Å². The highest BCUT2D eigenvalue weighted by Gasteiger charge is 2.48. The van der Waals surface area contributed by atoms with Crippen molar-refractivity contribution in [3.8, 4) is 11.3 Å². The molecule has 182 valence electrons. The maximum absolute atomic E-state index is 13.9. The molecule has 35 heavy (non-hydrogen) atoms. The number of hydrogen-bond donors (Lipinski definition) is 1. The minimum Gasteiger partial charge on any atom is -0.351 e. The summed E-state index contributed by atoms with van der Waals surface area (Å²) in [4.78, 5) is 30.7. The fraction of sp³-hybridized carbons (Fsp3) is 0.379. The van der Waals surface area contributed by atoms with Crippen molar-refractivity contribution in [2.75, 3.05) is 12.8 Å². The van der Waals surface area contributed by atoms with Crippen molar-refractivity contribution in [3.05, 3.63) is 78.0 Å². The van der Waals surface area contributed by atoms with Crippen molar-refractivity contribution in [2.45, 2.75) is 62.0 Å². The van der Waals surface area contributed by atoms with Gasteiger partial charge < -0.3 is 14.8 Å². The third-order valence-corrected chi connectivity index (χ3v) is 8.28. The summed E-state index contributed by atoms with van der Waals surface area (Å²) in [5.41, 5.74) is 2.87. The summed E-state index contributed by atoms with van der Waals surface area (Å²) < 4.78 is 2.04. The first kappa shape index (κ1) is 23.7. The first-order valence-corrected chi connectivity index (χ1v) is 13.7. The number of benzene rings is 2. The molecule has 6 heteroatoms. The highest BCUT2D eigenvalue weighted by Crippen LogP contribution is 2.34. The molecule has 5 rings (SSSR count). The molecule has 1 aliphatic heterocycles. The summed E-state index contributed by atoms with van der Waals surface area (Å²) in [6, 6.07) is 22.7. The Morgan fingerprint density at radius 2 is 1.69 bits per heavy atom. The average molecular weight is 488 g/mol. The maximum atomic E-state index is 13.9. The van der Waals surface area contributed by atoms with E-state index in [0.717, 1.165) is 36.9 Å². The number of rotatable bonds is 7. The van der Waals surface area contributed by atoms with E-state index < -0.39 is 5.54 Å². The minimum atomic E-state index is -0.964. The van der Waals surface area contributed by atoms with E-state index in [2.05, 4.69) is 35.8 Å². The van der Waals surface area contributed by atoms with Gasteiger partial charge in [0.1, 0.15) is 11.2 Å². The van der Waals surface area contributed by atoms with Crippen LogP contribution in [0.1, 0.15) is 48.7 Å². The third-order valence-electron chi connectivity index (χ3n) is 7.54.